The molecule has 2 aromatic heterocycles. The lowest BCUT2D eigenvalue weighted by atomic mass is 10.1. The minimum absolute atomic E-state index is 0.471. The zero-order chi connectivity index (χ0) is 13.7. The molecule has 6 heteroatoms. The highest BCUT2D eigenvalue weighted by Gasteiger charge is 2.16. The molecule has 2 heterocycles. The van der Waals surface area contributed by atoms with Crippen LogP contribution in [0.5, 0.6) is 5.88 Å². The lowest BCUT2D eigenvalue weighted by Crippen LogP contribution is -2.07. The SMILES string of the molecule is CCNc1ncnc(-c2nccnc2OC)c1CC. The van der Waals surface area contributed by atoms with Crippen molar-refractivity contribution >= 4 is 5.82 Å². The Bertz CT molecular complexity index is 558. The highest BCUT2D eigenvalue weighted by Crippen LogP contribution is 2.29. The Morgan fingerprint density at radius 1 is 1.05 bits per heavy atom. The molecule has 2 aromatic rings. The van der Waals surface area contributed by atoms with Gasteiger partial charge in [-0.15, -0.1) is 0 Å². The molecule has 0 bridgehead atoms. The molecule has 0 aliphatic carbocycles. The van der Waals surface area contributed by atoms with Gasteiger partial charge in [-0.1, -0.05) is 6.92 Å². The fraction of sp³-hybridized carbons (Fsp3) is 0.385. The molecule has 0 spiro atoms. The third-order valence-electron chi connectivity index (χ3n) is 2.73. The van der Waals surface area contributed by atoms with Gasteiger partial charge in [0.25, 0.3) is 0 Å². The fourth-order valence-corrected chi connectivity index (χ4v) is 1.91. The van der Waals surface area contributed by atoms with E-state index in [4.69, 9.17) is 4.74 Å². The van der Waals surface area contributed by atoms with Crippen LogP contribution in [-0.2, 0) is 6.42 Å². The van der Waals surface area contributed by atoms with Crippen LogP contribution in [0, 0.1) is 0 Å². The normalized spacial score (nSPS) is 10.3. The van der Waals surface area contributed by atoms with Gasteiger partial charge in [0.2, 0.25) is 5.88 Å². The molecule has 1 N–H and O–H groups in total. The Morgan fingerprint density at radius 3 is 2.53 bits per heavy atom. The molecular formula is C13H17N5O. The molecule has 6 nitrogen and oxygen atoms in total. The van der Waals surface area contributed by atoms with Gasteiger partial charge in [-0.3, -0.25) is 0 Å². The second-order valence-electron chi connectivity index (χ2n) is 3.85. The van der Waals surface area contributed by atoms with Crippen molar-refractivity contribution in [2.24, 2.45) is 0 Å². The summed E-state index contributed by atoms with van der Waals surface area (Å²) in [5.74, 6) is 1.31. The molecule has 100 valence electrons. The summed E-state index contributed by atoms with van der Waals surface area (Å²) in [7, 11) is 1.57. The zero-order valence-corrected chi connectivity index (χ0v) is 11.3. The molecule has 0 radical (unpaired) electrons. The smallest absolute Gasteiger partial charge is 0.241 e. The maximum absolute atomic E-state index is 5.24. The molecule has 0 atom stereocenters. The van der Waals surface area contributed by atoms with Crippen molar-refractivity contribution in [3.8, 4) is 17.3 Å². The van der Waals surface area contributed by atoms with Crippen molar-refractivity contribution in [2.75, 3.05) is 19.0 Å². The van der Waals surface area contributed by atoms with E-state index in [2.05, 4.69) is 32.2 Å². The van der Waals surface area contributed by atoms with Crippen LogP contribution in [0.15, 0.2) is 18.7 Å². The van der Waals surface area contributed by atoms with E-state index in [0.29, 0.717) is 11.6 Å². The van der Waals surface area contributed by atoms with Gasteiger partial charge in [0, 0.05) is 24.5 Å². The molecule has 0 unspecified atom stereocenters. The summed E-state index contributed by atoms with van der Waals surface area (Å²) in [5, 5.41) is 3.23. The maximum Gasteiger partial charge on any atom is 0.241 e. The number of aromatic nitrogens is 4. The van der Waals surface area contributed by atoms with Crippen LogP contribution >= 0.6 is 0 Å². The van der Waals surface area contributed by atoms with Crippen molar-refractivity contribution in [3.63, 3.8) is 0 Å². The van der Waals surface area contributed by atoms with Gasteiger partial charge < -0.3 is 10.1 Å². The van der Waals surface area contributed by atoms with E-state index < -0.39 is 0 Å². The molecule has 0 saturated heterocycles. The van der Waals surface area contributed by atoms with E-state index in [-0.39, 0.29) is 0 Å². The second kappa shape index (κ2) is 6.08. The topological polar surface area (TPSA) is 72.8 Å². The molecule has 0 fully saturated rings. The monoisotopic (exact) mass is 259 g/mol. The summed E-state index contributed by atoms with van der Waals surface area (Å²) in [6, 6.07) is 0. The number of ether oxygens (including phenoxy) is 1. The minimum Gasteiger partial charge on any atom is -0.479 e. The largest absolute Gasteiger partial charge is 0.479 e. The predicted octanol–water partition coefficient (Wildman–Crippen LogP) is 1.94. The Labute approximate surface area is 112 Å². The van der Waals surface area contributed by atoms with Crippen LogP contribution in [0.4, 0.5) is 5.82 Å². The van der Waals surface area contributed by atoms with E-state index in [9.17, 15) is 0 Å². The number of anilines is 1. The lowest BCUT2D eigenvalue weighted by Gasteiger charge is -2.12. The fourth-order valence-electron chi connectivity index (χ4n) is 1.91. The Kier molecular flexibility index (Phi) is 4.22. The highest BCUT2D eigenvalue weighted by atomic mass is 16.5. The van der Waals surface area contributed by atoms with Crippen molar-refractivity contribution in [1.29, 1.82) is 0 Å². The summed E-state index contributed by atoms with van der Waals surface area (Å²) in [4.78, 5) is 17.1. The van der Waals surface area contributed by atoms with Crippen molar-refractivity contribution < 1.29 is 4.74 Å². The third-order valence-corrected chi connectivity index (χ3v) is 2.73. The summed E-state index contributed by atoms with van der Waals surface area (Å²) >= 11 is 0. The lowest BCUT2D eigenvalue weighted by molar-refractivity contribution is 0.397. The van der Waals surface area contributed by atoms with Gasteiger partial charge >= 0.3 is 0 Å². The van der Waals surface area contributed by atoms with E-state index in [1.807, 2.05) is 6.92 Å². The first kappa shape index (κ1) is 13.2. The van der Waals surface area contributed by atoms with Gasteiger partial charge in [-0.05, 0) is 13.3 Å². The van der Waals surface area contributed by atoms with Gasteiger partial charge in [-0.25, -0.2) is 19.9 Å². The van der Waals surface area contributed by atoms with Gasteiger partial charge in [-0.2, -0.15) is 0 Å². The first-order valence-corrected chi connectivity index (χ1v) is 6.24. The van der Waals surface area contributed by atoms with Gasteiger partial charge in [0.05, 0.1) is 7.11 Å². The quantitative estimate of drug-likeness (QED) is 0.884. The van der Waals surface area contributed by atoms with Gasteiger partial charge in [0.1, 0.15) is 17.8 Å². The molecule has 0 aliphatic rings. The van der Waals surface area contributed by atoms with Crippen LogP contribution < -0.4 is 10.1 Å². The summed E-state index contributed by atoms with van der Waals surface area (Å²) in [6.07, 6.45) is 5.56. The van der Waals surface area contributed by atoms with Crippen molar-refractivity contribution in [2.45, 2.75) is 20.3 Å². The predicted molar refractivity (Wildman–Crippen MR) is 73.2 cm³/mol. The second-order valence-corrected chi connectivity index (χ2v) is 3.85. The zero-order valence-electron chi connectivity index (χ0n) is 11.3. The Balaban J connectivity index is 2.58. The number of hydrogen-bond donors (Lipinski definition) is 1. The first-order valence-electron chi connectivity index (χ1n) is 6.24. The molecule has 2 rings (SSSR count). The van der Waals surface area contributed by atoms with Gasteiger partial charge in [0.15, 0.2) is 5.69 Å². The highest BCUT2D eigenvalue weighted by molar-refractivity contribution is 5.68. The molecule has 0 aliphatic heterocycles. The van der Waals surface area contributed by atoms with Crippen LogP contribution in [-0.4, -0.2) is 33.6 Å². The molecule has 0 aromatic carbocycles. The first-order chi connectivity index (χ1) is 9.31. The number of hydrogen-bond acceptors (Lipinski definition) is 6. The average molecular weight is 259 g/mol. The number of nitrogens with zero attached hydrogens (tertiary/aromatic N) is 4. The summed E-state index contributed by atoms with van der Waals surface area (Å²) < 4.78 is 5.24. The standard InChI is InChI=1S/C13H17N5O/c1-4-9-10(17-8-18-12(9)14-5-2)11-13(19-3)16-7-6-15-11/h6-8H,4-5H2,1-3H3,(H,14,17,18). The van der Waals surface area contributed by atoms with Crippen LogP contribution in [0.3, 0.4) is 0 Å². The van der Waals surface area contributed by atoms with Crippen molar-refractivity contribution in [3.05, 3.63) is 24.3 Å². The molecule has 19 heavy (non-hydrogen) atoms. The molecule has 0 amide bonds. The summed E-state index contributed by atoms with van der Waals surface area (Å²) in [5.41, 5.74) is 2.42. The van der Waals surface area contributed by atoms with Crippen LogP contribution in [0.1, 0.15) is 19.4 Å². The Hall–Kier alpha value is -2.24. The van der Waals surface area contributed by atoms with Crippen LogP contribution in [0.25, 0.3) is 11.4 Å². The molecular weight excluding hydrogens is 242 g/mol. The maximum atomic E-state index is 5.24. The third kappa shape index (κ3) is 2.62. The van der Waals surface area contributed by atoms with E-state index in [1.165, 1.54) is 6.33 Å². The van der Waals surface area contributed by atoms with E-state index in [1.54, 1.807) is 19.5 Å². The van der Waals surface area contributed by atoms with E-state index >= 15 is 0 Å². The summed E-state index contributed by atoms with van der Waals surface area (Å²) in [6.45, 7) is 4.90. The van der Waals surface area contributed by atoms with E-state index in [0.717, 1.165) is 30.0 Å². The number of rotatable bonds is 5. The number of methoxy groups -OCH3 is 1. The van der Waals surface area contributed by atoms with Crippen molar-refractivity contribution in [1.82, 2.24) is 19.9 Å². The Morgan fingerprint density at radius 2 is 1.84 bits per heavy atom. The minimum atomic E-state index is 0.471. The average Bonchev–Trinajstić information content (AvgIpc) is 2.47. The van der Waals surface area contributed by atoms with Crippen LogP contribution in [0.2, 0.25) is 0 Å². The molecule has 0 saturated carbocycles. The number of nitrogens with one attached hydrogen (secondary N) is 1.